The average Bonchev–Trinajstić information content (AvgIpc) is 3.25. The van der Waals surface area contributed by atoms with Crippen molar-refractivity contribution in [2.45, 2.75) is 37.7 Å². The molecular weight excluding hydrogens is 374 g/mol. The standard InChI is InChI=1S/C25H27N3O2/c29-24(27-16-15-25(30)14-8-7-11-20(25)18-27)23-17-22(19-9-3-1-4-10-19)26-28(23)21-12-5-2-6-13-21/h1-6,9-10,12-13,17,20,30H,7-8,11,14-16,18H2/t20-,25+/m0/s1. The maximum atomic E-state index is 13.6. The Morgan fingerprint density at radius 3 is 2.50 bits per heavy atom. The minimum absolute atomic E-state index is 0.0128. The molecular formula is C25H27N3O2. The van der Waals surface area contributed by atoms with Crippen molar-refractivity contribution in [3.8, 4) is 16.9 Å². The quantitative estimate of drug-likeness (QED) is 0.712. The van der Waals surface area contributed by atoms with Crippen LogP contribution < -0.4 is 0 Å². The number of aliphatic hydroxyl groups is 1. The van der Waals surface area contributed by atoms with E-state index in [0.29, 0.717) is 25.2 Å². The minimum Gasteiger partial charge on any atom is -0.389 e. The summed E-state index contributed by atoms with van der Waals surface area (Å²) in [4.78, 5) is 15.5. The number of fused-ring (bicyclic) bond motifs is 1. The first-order valence-corrected chi connectivity index (χ1v) is 10.9. The SMILES string of the molecule is O=C(c1cc(-c2ccccc2)nn1-c1ccccc1)N1CC[C@]2(O)CCCC[C@H]2C1. The summed E-state index contributed by atoms with van der Waals surface area (Å²) in [5.41, 5.74) is 2.62. The Morgan fingerprint density at radius 1 is 1.00 bits per heavy atom. The van der Waals surface area contributed by atoms with E-state index >= 15 is 0 Å². The van der Waals surface area contributed by atoms with Crippen LogP contribution in [0.15, 0.2) is 66.7 Å². The molecule has 3 aromatic rings. The summed E-state index contributed by atoms with van der Waals surface area (Å²) in [6, 6.07) is 21.6. The fraction of sp³-hybridized carbons (Fsp3) is 0.360. The maximum Gasteiger partial charge on any atom is 0.272 e. The second-order valence-electron chi connectivity index (χ2n) is 8.58. The fourth-order valence-electron chi connectivity index (χ4n) is 4.97. The first-order chi connectivity index (χ1) is 14.6. The highest BCUT2D eigenvalue weighted by molar-refractivity contribution is 5.94. The van der Waals surface area contributed by atoms with E-state index in [1.54, 1.807) is 4.68 Å². The Hall–Kier alpha value is -2.92. The van der Waals surface area contributed by atoms with Gasteiger partial charge in [0, 0.05) is 24.6 Å². The number of piperidine rings is 1. The van der Waals surface area contributed by atoms with E-state index in [2.05, 4.69) is 0 Å². The summed E-state index contributed by atoms with van der Waals surface area (Å²) in [7, 11) is 0. The number of rotatable bonds is 3. The third kappa shape index (κ3) is 3.43. The van der Waals surface area contributed by atoms with Crippen molar-refractivity contribution in [2.75, 3.05) is 13.1 Å². The summed E-state index contributed by atoms with van der Waals surface area (Å²) >= 11 is 0. The van der Waals surface area contributed by atoms with Gasteiger partial charge in [0.25, 0.3) is 5.91 Å². The van der Waals surface area contributed by atoms with Crippen molar-refractivity contribution >= 4 is 5.91 Å². The molecule has 1 aliphatic heterocycles. The number of aromatic nitrogens is 2. The van der Waals surface area contributed by atoms with Gasteiger partial charge >= 0.3 is 0 Å². The van der Waals surface area contributed by atoms with Crippen LogP contribution in [0.5, 0.6) is 0 Å². The lowest BCUT2D eigenvalue weighted by molar-refractivity contribution is -0.0887. The summed E-state index contributed by atoms with van der Waals surface area (Å²) < 4.78 is 1.76. The molecule has 30 heavy (non-hydrogen) atoms. The number of nitrogens with zero attached hydrogens (tertiary/aromatic N) is 3. The third-order valence-corrected chi connectivity index (χ3v) is 6.71. The highest BCUT2D eigenvalue weighted by atomic mass is 16.3. The fourth-order valence-corrected chi connectivity index (χ4v) is 4.97. The van der Waals surface area contributed by atoms with Crippen LogP contribution in [0, 0.1) is 5.92 Å². The Morgan fingerprint density at radius 2 is 1.73 bits per heavy atom. The van der Waals surface area contributed by atoms with Crippen molar-refractivity contribution in [2.24, 2.45) is 5.92 Å². The van der Waals surface area contributed by atoms with Gasteiger partial charge in [-0.3, -0.25) is 4.79 Å². The molecule has 5 heteroatoms. The van der Waals surface area contributed by atoms with Crippen LogP contribution in [0.2, 0.25) is 0 Å². The molecule has 2 fully saturated rings. The lowest BCUT2D eigenvalue weighted by Crippen LogP contribution is -2.54. The maximum absolute atomic E-state index is 13.6. The second-order valence-corrected chi connectivity index (χ2v) is 8.58. The predicted octanol–water partition coefficient (Wildman–Crippen LogP) is 4.31. The van der Waals surface area contributed by atoms with E-state index in [0.717, 1.165) is 42.6 Å². The topological polar surface area (TPSA) is 58.4 Å². The van der Waals surface area contributed by atoms with Crippen molar-refractivity contribution in [3.63, 3.8) is 0 Å². The molecule has 5 rings (SSSR count). The van der Waals surface area contributed by atoms with Gasteiger partial charge in [0.05, 0.1) is 17.0 Å². The molecule has 0 radical (unpaired) electrons. The monoisotopic (exact) mass is 401 g/mol. The number of likely N-dealkylation sites (tertiary alicyclic amines) is 1. The molecule has 154 valence electrons. The number of carbonyl (C=O) groups excluding carboxylic acids is 1. The lowest BCUT2D eigenvalue weighted by atomic mass is 9.71. The van der Waals surface area contributed by atoms with Crippen LogP contribution in [0.3, 0.4) is 0 Å². The molecule has 0 bridgehead atoms. The zero-order valence-corrected chi connectivity index (χ0v) is 17.1. The van der Waals surface area contributed by atoms with E-state index < -0.39 is 5.60 Å². The largest absolute Gasteiger partial charge is 0.389 e. The second kappa shape index (κ2) is 7.73. The van der Waals surface area contributed by atoms with Crippen molar-refractivity contribution in [3.05, 3.63) is 72.4 Å². The van der Waals surface area contributed by atoms with Crippen LogP contribution in [0.1, 0.15) is 42.6 Å². The Labute approximate surface area is 177 Å². The Bertz CT molecular complexity index is 1030. The van der Waals surface area contributed by atoms with Gasteiger partial charge < -0.3 is 10.0 Å². The summed E-state index contributed by atoms with van der Waals surface area (Å²) in [6.07, 6.45) is 4.74. The molecule has 5 nitrogen and oxygen atoms in total. The van der Waals surface area contributed by atoms with E-state index in [9.17, 15) is 9.90 Å². The molecule has 1 saturated carbocycles. The van der Waals surface area contributed by atoms with Gasteiger partial charge in [-0.1, -0.05) is 61.4 Å². The van der Waals surface area contributed by atoms with E-state index in [4.69, 9.17) is 5.10 Å². The van der Waals surface area contributed by atoms with E-state index in [1.165, 1.54) is 0 Å². The van der Waals surface area contributed by atoms with Gasteiger partial charge in [0.1, 0.15) is 5.69 Å². The van der Waals surface area contributed by atoms with Gasteiger partial charge in [-0.25, -0.2) is 4.68 Å². The molecule has 0 spiro atoms. The van der Waals surface area contributed by atoms with E-state index in [-0.39, 0.29) is 11.8 Å². The van der Waals surface area contributed by atoms with Crippen LogP contribution in [0.25, 0.3) is 16.9 Å². The smallest absolute Gasteiger partial charge is 0.272 e. The van der Waals surface area contributed by atoms with Crippen molar-refractivity contribution < 1.29 is 9.90 Å². The summed E-state index contributed by atoms with van der Waals surface area (Å²) in [5.74, 6) is 0.159. The average molecular weight is 402 g/mol. The molecule has 1 amide bonds. The van der Waals surface area contributed by atoms with Gasteiger partial charge in [-0.15, -0.1) is 0 Å². The molecule has 2 aromatic carbocycles. The molecule has 1 saturated heterocycles. The summed E-state index contributed by atoms with van der Waals surface area (Å²) in [6.45, 7) is 1.21. The number of carbonyl (C=O) groups is 1. The van der Waals surface area contributed by atoms with E-state index in [1.807, 2.05) is 71.6 Å². The predicted molar refractivity (Wildman–Crippen MR) is 116 cm³/mol. The number of benzene rings is 2. The zero-order valence-electron chi connectivity index (χ0n) is 17.1. The van der Waals surface area contributed by atoms with Gasteiger partial charge in [-0.05, 0) is 37.5 Å². The normalized spacial score (nSPS) is 23.8. The molecule has 1 aromatic heterocycles. The molecule has 0 unspecified atom stereocenters. The number of hydrogen-bond donors (Lipinski definition) is 1. The zero-order chi connectivity index (χ0) is 20.6. The minimum atomic E-state index is -0.593. The number of hydrogen-bond acceptors (Lipinski definition) is 3. The van der Waals surface area contributed by atoms with Crippen LogP contribution >= 0.6 is 0 Å². The number of para-hydroxylation sites is 1. The highest BCUT2D eigenvalue weighted by Crippen LogP contribution is 2.40. The first kappa shape index (κ1) is 19.1. The molecule has 2 atom stereocenters. The van der Waals surface area contributed by atoms with Crippen LogP contribution in [-0.4, -0.2) is 44.4 Å². The molecule has 1 N–H and O–H groups in total. The molecule has 2 heterocycles. The van der Waals surface area contributed by atoms with Gasteiger partial charge in [-0.2, -0.15) is 5.10 Å². The van der Waals surface area contributed by atoms with Crippen molar-refractivity contribution in [1.82, 2.24) is 14.7 Å². The Kier molecular flexibility index (Phi) is 4.91. The summed E-state index contributed by atoms with van der Waals surface area (Å²) in [5, 5.41) is 15.8. The Balaban J connectivity index is 1.50. The van der Waals surface area contributed by atoms with Gasteiger partial charge in [0.15, 0.2) is 0 Å². The van der Waals surface area contributed by atoms with Crippen molar-refractivity contribution in [1.29, 1.82) is 0 Å². The molecule has 1 aliphatic carbocycles. The van der Waals surface area contributed by atoms with Crippen LogP contribution in [-0.2, 0) is 0 Å². The third-order valence-electron chi connectivity index (χ3n) is 6.71. The lowest BCUT2D eigenvalue weighted by Gasteiger charge is -2.47. The highest BCUT2D eigenvalue weighted by Gasteiger charge is 2.44. The van der Waals surface area contributed by atoms with Gasteiger partial charge in [0.2, 0.25) is 0 Å². The molecule has 2 aliphatic rings. The van der Waals surface area contributed by atoms with Crippen LogP contribution in [0.4, 0.5) is 0 Å². The number of amides is 1. The first-order valence-electron chi connectivity index (χ1n) is 10.9.